The third-order valence-electron chi connectivity index (χ3n) is 9.00. The van der Waals surface area contributed by atoms with Gasteiger partial charge in [0.15, 0.2) is 0 Å². The van der Waals surface area contributed by atoms with Crippen LogP contribution in [0.1, 0.15) is 35.6 Å². The highest BCUT2D eigenvalue weighted by atomic mass is 19.4. The number of rotatable bonds is 21. The Morgan fingerprint density at radius 2 is 1.08 bits per heavy atom. The van der Waals surface area contributed by atoms with Crippen LogP contribution in [-0.2, 0) is 54.8 Å². The standard InChI is InChI=1S/C43H46F3N5O9/c1-28(43(44,45)46)21-36(41(56)57)50-40(55)35(22-29-11-5-2-6-12-29)49-38(53)25-47-37(52)24-48-39(54)34(51-42(58)60-27-32-15-9-4-10-16-32)23-30-17-19-33(20-18-30)59-26-31-13-7-3-8-14-31/h2-20,28,34-36H,21-27H2,1H3,(H,47,52)(H,48,54)(H,49,53)(H,50,55)(H,51,58)(H,56,57)/t28-,34-,35-,36+/m0/s1. The van der Waals surface area contributed by atoms with Gasteiger partial charge in [-0.2, -0.15) is 13.2 Å². The number of carboxylic acids is 1. The summed E-state index contributed by atoms with van der Waals surface area (Å²) in [6.07, 6.45) is -6.70. The van der Waals surface area contributed by atoms with Gasteiger partial charge in [0.25, 0.3) is 0 Å². The van der Waals surface area contributed by atoms with Gasteiger partial charge >= 0.3 is 18.2 Å². The highest BCUT2D eigenvalue weighted by Gasteiger charge is 2.39. The SMILES string of the molecule is C[C@@H](C[C@@H](NC(=O)[C@H](Cc1ccccc1)NC(=O)CNC(=O)CNC(=O)[C@H](Cc1ccc(OCc2ccccc2)cc1)NC(=O)OCc1ccccc1)C(=O)O)C(F)(F)F. The lowest BCUT2D eigenvalue weighted by atomic mass is 10.00. The molecule has 0 unspecified atom stereocenters. The number of alkyl halides is 3. The van der Waals surface area contributed by atoms with Gasteiger partial charge in [-0.25, -0.2) is 9.59 Å². The summed E-state index contributed by atoms with van der Waals surface area (Å²) in [5.41, 5.74) is 2.88. The molecule has 318 valence electrons. The Kier molecular flexibility index (Phi) is 17.5. The smallest absolute Gasteiger partial charge is 0.408 e. The van der Waals surface area contributed by atoms with E-state index < -0.39 is 85.4 Å². The van der Waals surface area contributed by atoms with Crippen molar-refractivity contribution in [3.8, 4) is 5.75 Å². The number of carboxylic acid groups (broad SMARTS) is 1. The average Bonchev–Trinajstić information content (AvgIpc) is 3.23. The minimum Gasteiger partial charge on any atom is -0.489 e. The Labute approximate surface area is 344 Å². The quantitative estimate of drug-likeness (QED) is 0.0711. The molecule has 5 amide bonds. The van der Waals surface area contributed by atoms with Crippen molar-refractivity contribution in [3.63, 3.8) is 0 Å². The van der Waals surface area contributed by atoms with Crippen molar-refractivity contribution in [1.29, 1.82) is 0 Å². The van der Waals surface area contributed by atoms with Crippen LogP contribution < -0.4 is 31.3 Å². The van der Waals surface area contributed by atoms with Crippen molar-refractivity contribution in [2.45, 2.75) is 63.7 Å². The van der Waals surface area contributed by atoms with Crippen LogP contribution in [0.25, 0.3) is 0 Å². The Morgan fingerprint density at radius 1 is 0.583 bits per heavy atom. The molecule has 0 bridgehead atoms. The molecule has 4 rings (SSSR count). The van der Waals surface area contributed by atoms with E-state index >= 15 is 0 Å². The third kappa shape index (κ3) is 16.2. The Balaban J connectivity index is 1.34. The van der Waals surface area contributed by atoms with Crippen molar-refractivity contribution in [3.05, 3.63) is 138 Å². The van der Waals surface area contributed by atoms with Crippen LogP contribution in [0.15, 0.2) is 115 Å². The number of carbonyl (C=O) groups excluding carboxylic acids is 5. The molecule has 60 heavy (non-hydrogen) atoms. The molecule has 0 aliphatic rings. The summed E-state index contributed by atoms with van der Waals surface area (Å²) in [7, 11) is 0. The first-order valence-corrected chi connectivity index (χ1v) is 18.9. The van der Waals surface area contributed by atoms with E-state index in [4.69, 9.17) is 9.47 Å². The van der Waals surface area contributed by atoms with E-state index in [0.29, 0.717) is 29.0 Å². The number of halogens is 3. The molecule has 14 nitrogen and oxygen atoms in total. The number of ether oxygens (including phenoxy) is 2. The molecule has 0 saturated heterocycles. The molecule has 4 atom stereocenters. The summed E-state index contributed by atoms with van der Waals surface area (Å²) < 4.78 is 50.6. The molecular formula is C43H46F3N5O9. The lowest BCUT2D eigenvalue weighted by Crippen LogP contribution is -2.55. The fraction of sp³-hybridized carbons (Fsp3) is 0.302. The lowest BCUT2D eigenvalue weighted by Gasteiger charge is -2.24. The number of carbonyl (C=O) groups is 6. The van der Waals surface area contributed by atoms with Crippen LogP contribution in [0.4, 0.5) is 18.0 Å². The molecule has 6 N–H and O–H groups in total. The van der Waals surface area contributed by atoms with E-state index in [2.05, 4.69) is 26.6 Å². The Morgan fingerprint density at radius 3 is 1.63 bits per heavy atom. The molecule has 0 aliphatic carbocycles. The van der Waals surface area contributed by atoms with E-state index in [0.717, 1.165) is 12.5 Å². The van der Waals surface area contributed by atoms with Gasteiger partial charge < -0.3 is 41.2 Å². The van der Waals surface area contributed by atoms with Gasteiger partial charge in [-0.3, -0.25) is 19.2 Å². The van der Waals surface area contributed by atoms with E-state index in [-0.39, 0.29) is 19.4 Å². The molecule has 0 fully saturated rings. The first-order valence-electron chi connectivity index (χ1n) is 18.9. The molecule has 0 aromatic heterocycles. The molecule has 0 heterocycles. The van der Waals surface area contributed by atoms with Gasteiger partial charge in [-0.15, -0.1) is 0 Å². The molecule has 0 spiro atoms. The van der Waals surface area contributed by atoms with Crippen LogP contribution in [-0.4, -0.2) is 78.2 Å². The number of hydrogen-bond acceptors (Lipinski definition) is 8. The predicted molar refractivity (Wildman–Crippen MR) is 212 cm³/mol. The van der Waals surface area contributed by atoms with Gasteiger partial charge in [0.05, 0.1) is 19.0 Å². The second-order valence-corrected chi connectivity index (χ2v) is 13.8. The van der Waals surface area contributed by atoms with E-state index in [1.165, 1.54) is 0 Å². The van der Waals surface area contributed by atoms with Crippen molar-refractivity contribution in [1.82, 2.24) is 26.6 Å². The monoisotopic (exact) mass is 833 g/mol. The van der Waals surface area contributed by atoms with Crippen LogP contribution >= 0.6 is 0 Å². The second kappa shape index (κ2) is 22.9. The number of alkyl carbamates (subject to hydrolysis) is 1. The Hall–Kier alpha value is -6.91. The maximum Gasteiger partial charge on any atom is 0.408 e. The van der Waals surface area contributed by atoms with Gasteiger partial charge in [0.2, 0.25) is 23.6 Å². The molecular weight excluding hydrogens is 787 g/mol. The van der Waals surface area contributed by atoms with Crippen molar-refractivity contribution < 1.29 is 56.5 Å². The summed E-state index contributed by atoms with van der Waals surface area (Å²) in [5, 5.41) is 21.3. The van der Waals surface area contributed by atoms with E-state index in [1.807, 2.05) is 30.3 Å². The van der Waals surface area contributed by atoms with Gasteiger partial charge in [0.1, 0.15) is 37.1 Å². The molecule has 17 heteroatoms. The minimum absolute atomic E-state index is 0.00200. The second-order valence-electron chi connectivity index (χ2n) is 13.8. The third-order valence-corrected chi connectivity index (χ3v) is 9.00. The van der Waals surface area contributed by atoms with E-state index in [1.54, 1.807) is 84.9 Å². The van der Waals surface area contributed by atoms with Crippen molar-refractivity contribution in [2.24, 2.45) is 5.92 Å². The molecule has 4 aromatic carbocycles. The first kappa shape index (κ1) is 45.8. The average molecular weight is 834 g/mol. The van der Waals surface area contributed by atoms with Gasteiger partial charge in [-0.05, 0) is 40.8 Å². The summed E-state index contributed by atoms with van der Waals surface area (Å²) in [5.74, 6) is -6.68. The zero-order chi connectivity index (χ0) is 43.5. The number of hydrogen-bond donors (Lipinski definition) is 6. The first-order chi connectivity index (χ1) is 28.7. The van der Waals surface area contributed by atoms with Crippen molar-refractivity contribution in [2.75, 3.05) is 13.1 Å². The summed E-state index contributed by atoms with van der Waals surface area (Å²) in [6, 6.07) is 29.0. The number of nitrogens with one attached hydrogen (secondary N) is 5. The lowest BCUT2D eigenvalue weighted by molar-refractivity contribution is -0.175. The van der Waals surface area contributed by atoms with Gasteiger partial charge in [0, 0.05) is 12.8 Å². The predicted octanol–water partition coefficient (Wildman–Crippen LogP) is 4.22. The summed E-state index contributed by atoms with van der Waals surface area (Å²) in [4.78, 5) is 76.8. The van der Waals surface area contributed by atoms with E-state index in [9.17, 15) is 47.0 Å². The van der Waals surface area contributed by atoms with Crippen LogP contribution in [0.5, 0.6) is 5.75 Å². The van der Waals surface area contributed by atoms with Crippen LogP contribution in [0, 0.1) is 5.92 Å². The van der Waals surface area contributed by atoms with Gasteiger partial charge in [-0.1, -0.05) is 110 Å². The Bertz CT molecular complexity index is 2020. The summed E-state index contributed by atoms with van der Waals surface area (Å²) >= 11 is 0. The largest absolute Gasteiger partial charge is 0.489 e. The maximum absolute atomic E-state index is 13.4. The molecule has 0 saturated carbocycles. The zero-order valence-electron chi connectivity index (χ0n) is 32.6. The fourth-order valence-corrected chi connectivity index (χ4v) is 5.63. The topological polar surface area (TPSA) is 201 Å². The fourth-order valence-electron chi connectivity index (χ4n) is 5.63. The molecule has 0 aliphatic heterocycles. The van der Waals surface area contributed by atoms with Crippen molar-refractivity contribution >= 4 is 35.7 Å². The highest BCUT2D eigenvalue weighted by Crippen LogP contribution is 2.29. The normalized spacial score (nSPS) is 13.0. The minimum atomic E-state index is -4.70. The highest BCUT2D eigenvalue weighted by molar-refractivity contribution is 5.93. The zero-order valence-corrected chi connectivity index (χ0v) is 32.6. The maximum atomic E-state index is 13.4. The molecule has 4 aromatic rings. The molecule has 0 radical (unpaired) electrons. The number of amides is 5. The van der Waals surface area contributed by atoms with Crippen LogP contribution in [0.3, 0.4) is 0 Å². The summed E-state index contributed by atoms with van der Waals surface area (Å²) in [6.45, 7) is -0.247. The number of aliphatic carboxylic acids is 1. The van der Waals surface area contributed by atoms with Crippen LogP contribution in [0.2, 0.25) is 0 Å². The number of benzene rings is 4.